The highest BCUT2D eigenvalue weighted by Crippen LogP contribution is 2.22. The van der Waals surface area contributed by atoms with Crippen LogP contribution >= 0.6 is 0 Å². The van der Waals surface area contributed by atoms with E-state index in [1.807, 2.05) is 32.0 Å². The molecule has 1 unspecified atom stereocenters. The van der Waals surface area contributed by atoms with E-state index in [0.717, 1.165) is 12.8 Å². The number of fused-ring (bicyclic) bond motifs is 1. The zero-order valence-electron chi connectivity index (χ0n) is 12.7. The number of carbonyl (C=O) groups excluding carboxylic acids is 1. The molecule has 0 heterocycles. The van der Waals surface area contributed by atoms with Crippen LogP contribution < -0.4 is 5.32 Å². The van der Waals surface area contributed by atoms with E-state index in [-0.39, 0.29) is 24.3 Å². The summed E-state index contributed by atoms with van der Waals surface area (Å²) in [4.78, 5) is 23.2. The van der Waals surface area contributed by atoms with Crippen LogP contribution in [0.4, 0.5) is 0 Å². The van der Waals surface area contributed by atoms with Crippen LogP contribution in [-0.2, 0) is 17.6 Å². The lowest BCUT2D eigenvalue weighted by Gasteiger charge is -2.21. The molecule has 0 aliphatic heterocycles. The van der Waals surface area contributed by atoms with Crippen LogP contribution in [0.5, 0.6) is 0 Å². The summed E-state index contributed by atoms with van der Waals surface area (Å²) in [5.41, 5.74) is 3.23. The molecule has 1 aromatic carbocycles. The van der Waals surface area contributed by atoms with Crippen LogP contribution in [-0.4, -0.2) is 23.0 Å². The lowest BCUT2D eigenvalue weighted by atomic mass is 9.90. The number of hydrogen-bond acceptors (Lipinski definition) is 2. The molecule has 0 aromatic heterocycles. The number of amides is 1. The van der Waals surface area contributed by atoms with Gasteiger partial charge in [-0.25, -0.2) is 0 Å². The minimum Gasteiger partial charge on any atom is -0.481 e. The lowest BCUT2D eigenvalue weighted by Crippen LogP contribution is -2.40. The first-order chi connectivity index (χ1) is 9.97. The molecule has 0 spiro atoms. The molecule has 2 rings (SSSR count). The number of carboxylic acids is 1. The highest BCUT2D eigenvalue weighted by molar-refractivity contribution is 5.95. The van der Waals surface area contributed by atoms with Crippen LogP contribution in [0.2, 0.25) is 0 Å². The maximum absolute atomic E-state index is 12.3. The number of nitrogens with one attached hydrogen (secondary N) is 1. The van der Waals surface area contributed by atoms with Crippen LogP contribution in [0.3, 0.4) is 0 Å². The molecule has 0 fully saturated rings. The van der Waals surface area contributed by atoms with Crippen LogP contribution in [0.1, 0.15) is 54.6 Å². The zero-order chi connectivity index (χ0) is 15.4. The predicted molar refractivity (Wildman–Crippen MR) is 81.4 cm³/mol. The summed E-state index contributed by atoms with van der Waals surface area (Å²) in [6.07, 6.45) is 4.46. The van der Waals surface area contributed by atoms with E-state index in [4.69, 9.17) is 5.11 Å². The zero-order valence-corrected chi connectivity index (χ0v) is 12.7. The molecule has 2 N–H and O–H groups in total. The molecule has 1 amide bonds. The SMILES string of the molecule is CC(C)C(CC(=O)O)NC(=O)c1ccc2c(c1)CCCC2. The van der Waals surface area contributed by atoms with Crippen molar-refractivity contribution in [2.24, 2.45) is 5.92 Å². The van der Waals surface area contributed by atoms with Gasteiger partial charge in [-0.05, 0) is 54.9 Å². The number of hydrogen-bond donors (Lipinski definition) is 2. The highest BCUT2D eigenvalue weighted by Gasteiger charge is 2.21. The van der Waals surface area contributed by atoms with Gasteiger partial charge in [0.1, 0.15) is 0 Å². The Balaban J connectivity index is 2.10. The molecule has 0 saturated heterocycles. The summed E-state index contributed by atoms with van der Waals surface area (Å²) >= 11 is 0. The van der Waals surface area contributed by atoms with E-state index in [2.05, 4.69) is 5.32 Å². The molecule has 1 aliphatic rings. The molecule has 21 heavy (non-hydrogen) atoms. The molecule has 1 atom stereocenters. The molecular formula is C17H23NO3. The van der Waals surface area contributed by atoms with Crippen molar-refractivity contribution in [3.63, 3.8) is 0 Å². The Morgan fingerprint density at radius 2 is 1.86 bits per heavy atom. The largest absolute Gasteiger partial charge is 0.481 e. The average Bonchev–Trinajstić information content (AvgIpc) is 2.45. The first-order valence-corrected chi connectivity index (χ1v) is 7.62. The Hall–Kier alpha value is -1.84. The Labute approximate surface area is 125 Å². The first-order valence-electron chi connectivity index (χ1n) is 7.62. The molecule has 0 saturated carbocycles. The van der Waals surface area contributed by atoms with Gasteiger partial charge in [0, 0.05) is 11.6 Å². The number of carbonyl (C=O) groups is 2. The second kappa shape index (κ2) is 6.74. The van der Waals surface area contributed by atoms with E-state index in [9.17, 15) is 9.59 Å². The highest BCUT2D eigenvalue weighted by atomic mass is 16.4. The Morgan fingerprint density at radius 1 is 1.19 bits per heavy atom. The fourth-order valence-electron chi connectivity index (χ4n) is 2.77. The first kappa shape index (κ1) is 15.5. The third-order valence-electron chi connectivity index (χ3n) is 4.13. The predicted octanol–water partition coefficient (Wildman–Crippen LogP) is 2.79. The van der Waals surface area contributed by atoms with Crippen LogP contribution in [0, 0.1) is 5.92 Å². The number of aliphatic carboxylic acids is 1. The summed E-state index contributed by atoms with van der Waals surface area (Å²) in [5.74, 6) is -0.981. The standard InChI is InChI=1S/C17H23NO3/c1-11(2)15(10-16(19)20)18-17(21)14-8-7-12-5-3-4-6-13(12)9-14/h7-9,11,15H,3-6,10H2,1-2H3,(H,18,21)(H,19,20). The normalized spacial score (nSPS) is 15.4. The Morgan fingerprint density at radius 3 is 2.48 bits per heavy atom. The summed E-state index contributed by atoms with van der Waals surface area (Å²) in [5, 5.41) is 11.8. The number of carboxylic acid groups (broad SMARTS) is 1. The van der Waals surface area contributed by atoms with Gasteiger partial charge >= 0.3 is 5.97 Å². The molecule has 1 aliphatic carbocycles. The van der Waals surface area contributed by atoms with Gasteiger partial charge < -0.3 is 10.4 Å². The summed E-state index contributed by atoms with van der Waals surface area (Å²) in [6.45, 7) is 3.83. The summed E-state index contributed by atoms with van der Waals surface area (Å²) in [7, 11) is 0. The van der Waals surface area contributed by atoms with Gasteiger partial charge in [0.05, 0.1) is 6.42 Å². The minimum atomic E-state index is -0.889. The van der Waals surface area contributed by atoms with Gasteiger partial charge in [0.2, 0.25) is 0 Å². The van der Waals surface area contributed by atoms with Gasteiger partial charge in [-0.3, -0.25) is 9.59 Å². The van der Waals surface area contributed by atoms with Crippen molar-refractivity contribution in [3.05, 3.63) is 34.9 Å². The van der Waals surface area contributed by atoms with Crippen molar-refractivity contribution < 1.29 is 14.7 Å². The minimum absolute atomic E-state index is 0.0473. The van der Waals surface area contributed by atoms with Crippen LogP contribution in [0.15, 0.2) is 18.2 Å². The van der Waals surface area contributed by atoms with Gasteiger partial charge in [-0.1, -0.05) is 19.9 Å². The van der Waals surface area contributed by atoms with E-state index in [1.165, 1.54) is 24.0 Å². The van der Waals surface area contributed by atoms with E-state index in [0.29, 0.717) is 5.56 Å². The van der Waals surface area contributed by atoms with Crippen molar-refractivity contribution in [2.75, 3.05) is 0 Å². The average molecular weight is 289 g/mol. The van der Waals surface area contributed by atoms with E-state index < -0.39 is 5.97 Å². The lowest BCUT2D eigenvalue weighted by molar-refractivity contribution is -0.137. The summed E-state index contributed by atoms with van der Waals surface area (Å²) in [6, 6.07) is 5.50. The fourth-order valence-corrected chi connectivity index (χ4v) is 2.77. The van der Waals surface area contributed by atoms with Crippen molar-refractivity contribution in [3.8, 4) is 0 Å². The van der Waals surface area contributed by atoms with E-state index >= 15 is 0 Å². The maximum atomic E-state index is 12.3. The second-order valence-electron chi connectivity index (χ2n) is 6.11. The molecule has 114 valence electrons. The third-order valence-corrected chi connectivity index (χ3v) is 4.13. The number of aryl methyl sites for hydroxylation is 2. The maximum Gasteiger partial charge on any atom is 0.305 e. The van der Waals surface area contributed by atoms with Crippen molar-refractivity contribution >= 4 is 11.9 Å². The molecule has 1 aromatic rings. The monoisotopic (exact) mass is 289 g/mol. The van der Waals surface area contributed by atoms with Crippen LogP contribution in [0.25, 0.3) is 0 Å². The van der Waals surface area contributed by atoms with Crippen molar-refractivity contribution in [1.29, 1.82) is 0 Å². The summed E-state index contributed by atoms with van der Waals surface area (Å²) < 4.78 is 0. The van der Waals surface area contributed by atoms with Crippen molar-refractivity contribution in [2.45, 2.75) is 52.0 Å². The second-order valence-corrected chi connectivity index (χ2v) is 6.11. The number of benzene rings is 1. The van der Waals surface area contributed by atoms with Gasteiger partial charge in [0.15, 0.2) is 0 Å². The Kier molecular flexibility index (Phi) is 4.99. The molecule has 4 nitrogen and oxygen atoms in total. The van der Waals surface area contributed by atoms with Gasteiger partial charge in [-0.2, -0.15) is 0 Å². The van der Waals surface area contributed by atoms with Crippen molar-refractivity contribution in [1.82, 2.24) is 5.32 Å². The quantitative estimate of drug-likeness (QED) is 0.876. The smallest absolute Gasteiger partial charge is 0.305 e. The molecule has 0 bridgehead atoms. The number of rotatable bonds is 5. The Bertz CT molecular complexity index is 537. The van der Waals surface area contributed by atoms with E-state index in [1.54, 1.807) is 0 Å². The molecular weight excluding hydrogens is 266 g/mol. The van der Waals surface area contributed by atoms with Gasteiger partial charge in [-0.15, -0.1) is 0 Å². The molecule has 0 radical (unpaired) electrons. The topological polar surface area (TPSA) is 66.4 Å². The fraction of sp³-hybridized carbons (Fsp3) is 0.529. The third kappa shape index (κ3) is 4.06. The van der Waals surface area contributed by atoms with Gasteiger partial charge in [0.25, 0.3) is 5.91 Å². The molecule has 4 heteroatoms.